The predicted molar refractivity (Wildman–Crippen MR) is 88.4 cm³/mol. The zero-order valence-electron chi connectivity index (χ0n) is 14.5. The average molecular weight is 339 g/mol. The van der Waals surface area contributed by atoms with Crippen LogP contribution in [0.3, 0.4) is 0 Å². The van der Waals surface area contributed by atoms with Crippen LogP contribution in [0.15, 0.2) is 18.2 Å². The van der Waals surface area contributed by atoms with E-state index < -0.39 is 12.0 Å². The first-order valence-electron chi connectivity index (χ1n) is 7.67. The molecule has 1 aromatic rings. The third kappa shape index (κ3) is 6.08. The first kappa shape index (κ1) is 19.8. The third-order valence-electron chi connectivity index (χ3n) is 3.71. The number of aliphatic carboxylic acids is 1. The summed E-state index contributed by atoms with van der Waals surface area (Å²) in [5, 5.41) is 11.9. The molecule has 0 heterocycles. The van der Waals surface area contributed by atoms with Crippen molar-refractivity contribution in [3.63, 3.8) is 0 Å². The first-order chi connectivity index (χ1) is 11.4. The van der Waals surface area contributed by atoms with E-state index in [9.17, 15) is 9.59 Å². The van der Waals surface area contributed by atoms with Crippen molar-refractivity contribution in [2.75, 3.05) is 21.3 Å². The number of carboxylic acid groups (broad SMARTS) is 1. The van der Waals surface area contributed by atoms with Gasteiger partial charge in [0.25, 0.3) is 0 Å². The number of carboxylic acids is 1. The SMILES string of the molecule is COc1ccc(C(CC(=O)O)NC(=O)CCC(C)OC)c(OC)c1. The van der Waals surface area contributed by atoms with Crippen LogP contribution in [-0.2, 0) is 14.3 Å². The summed E-state index contributed by atoms with van der Waals surface area (Å²) < 4.78 is 15.5. The van der Waals surface area contributed by atoms with E-state index in [0.717, 1.165) is 0 Å². The molecule has 2 unspecified atom stereocenters. The maximum Gasteiger partial charge on any atom is 0.305 e. The molecule has 7 heteroatoms. The normalized spacial score (nSPS) is 13.0. The minimum absolute atomic E-state index is 0.0378. The molecule has 24 heavy (non-hydrogen) atoms. The first-order valence-corrected chi connectivity index (χ1v) is 7.67. The summed E-state index contributed by atoms with van der Waals surface area (Å²) in [6, 6.07) is 4.37. The number of amides is 1. The van der Waals surface area contributed by atoms with Gasteiger partial charge in [0.2, 0.25) is 5.91 Å². The molecule has 2 atom stereocenters. The fourth-order valence-corrected chi connectivity index (χ4v) is 2.24. The van der Waals surface area contributed by atoms with Gasteiger partial charge in [0.1, 0.15) is 11.5 Å². The molecule has 0 aromatic heterocycles. The van der Waals surface area contributed by atoms with Crippen molar-refractivity contribution in [2.45, 2.75) is 38.3 Å². The van der Waals surface area contributed by atoms with Gasteiger partial charge in [0, 0.05) is 25.2 Å². The van der Waals surface area contributed by atoms with Crippen molar-refractivity contribution in [2.24, 2.45) is 0 Å². The minimum Gasteiger partial charge on any atom is -0.497 e. The van der Waals surface area contributed by atoms with E-state index in [1.54, 1.807) is 25.3 Å². The molecule has 2 N–H and O–H groups in total. The summed E-state index contributed by atoms with van der Waals surface area (Å²) in [5.41, 5.74) is 0.592. The molecule has 0 saturated carbocycles. The Morgan fingerprint density at radius 1 is 1.21 bits per heavy atom. The second kappa shape index (κ2) is 9.77. The molecule has 1 amide bonds. The zero-order chi connectivity index (χ0) is 18.1. The third-order valence-corrected chi connectivity index (χ3v) is 3.71. The molecule has 0 bridgehead atoms. The molecule has 1 rings (SSSR count). The summed E-state index contributed by atoms with van der Waals surface area (Å²) in [5.74, 6) is -0.192. The Morgan fingerprint density at radius 2 is 1.92 bits per heavy atom. The van der Waals surface area contributed by atoms with Gasteiger partial charge in [-0.05, 0) is 25.5 Å². The Morgan fingerprint density at radius 3 is 2.46 bits per heavy atom. The van der Waals surface area contributed by atoms with Gasteiger partial charge in [-0.3, -0.25) is 9.59 Å². The summed E-state index contributed by atoms with van der Waals surface area (Å²) in [7, 11) is 4.60. The molecular weight excluding hydrogens is 314 g/mol. The van der Waals surface area contributed by atoms with Gasteiger partial charge in [-0.2, -0.15) is 0 Å². The topological polar surface area (TPSA) is 94.1 Å². The monoisotopic (exact) mass is 339 g/mol. The summed E-state index contributed by atoms with van der Waals surface area (Å²) >= 11 is 0. The zero-order valence-corrected chi connectivity index (χ0v) is 14.5. The van der Waals surface area contributed by atoms with Crippen LogP contribution in [0.2, 0.25) is 0 Å². The van der Waals surface area contributed by atoms with Crippen LogP contribution in [0.5, 0.6) is 11.5 Å². The van der Waals surface area contributed by atoms with Crippen LogP contribution in [0.1, 0.15) is 37.8 Å². The van der Waals surface area contributed by atoms with Crippen molar-refractivity contribution < 1.29 is 28.9 Å². The molecular formula is C17H25NO6. The Kier molecular flexibility index (Phi) is 8.05. The van der Waals surface area contributed by atoms with Crippen LogP contribution in [0.4, 0.5) is 0 Å². The fraction of sp³-hybridized carbons (Fsp3) is 0.529. The van der Waals surface area contributed by atoms with Crippen molar-refractivity contribution in [3.05, 3.63) is 23.8 Å². The number of nitrogens with one attached hydrogen (secondary N) is 1. The maximum absolute atomic E-state index is 12.1. The summed E-state index contributed by atoms with van der Waals surface area (Å²) in [4.78, 5) is 23.3. The standard InChI is InChI=1S/C17H25NO6/c1-11(22-2)5-8-16(19)18-14(10-17(20)21)13-7-6-12(23-3)9-15(13)24-4/h6-7,9,11,14H,5,8,10H2,1-4H3,(H,18,19)(H,20,21). The lowest BCUT2D eigenvalue weighted by atomic mass is 10.0. The van der Waals surface area contributed by atoms with Gasteiger partial charge in [-0.15, -0.1) is 0 Å². The van der Waals surface area contributed by atoms with Crippen LogP contribution >= 0.6 is 0 Å². The molecule has 0 saturated heterocycles. The van der Waals surface area contributed by atoms with E-state index in [1.165, 1.54) is 14.2 Å². The van der Waals surface area contributed by atoms with Crippen molar-refractivity contribution in [1.29, 1.82) is 0 Å². The lowest BCUT2D eigenvalue weighted by Crippen LogP contribution is -2.31. The minimum atomic E-state index is -1.01. The van der Waals surface area contributed by atoms with Gasteiger partial charge in [0.05, 0.1) is 32.8 Å². The number of methoxy groups -OCH3 is 3. The highest BCUT2D eigenvalue weighted by Gasteiger charge is 2.22. The van der Waals surface area contributed by atoms with E-state index in [4.69, 9.17) is 19.3 Å². The quantitative estimate of drug-likeness (QED) is 0.678. The Bertz CT molecular complexity index is 560. The van der Waals surface area contributed by atoms with Gasteiger partial charge < -0.3 is 24.6 Å². The molecule has 0 aliphatic heterocycles. The van der Waals surface area contributed by atoms with Gasteiger partial charge in [-0.1, -0.05) is 0 Å². The van der Waals surface area contributed by atoms with Gasteiger partial charge >= 0.3 is 5.97 Å². The second-order valence-corrected chi connectivity index (χ2v) is 5.41. The molecule has 0 radical (unpaired) electrons. The van der Waals surface area contributed by atoms with Crippen LogP contribution in [-0.4, -0.2) is 44.4 Å². The highest BCUT2D eigenvalue weighted by Crippen LogP contribution is 2.31. The molecule has 0 aliphatic carbocycles. The number of rotatable bonds is 10. The van der Waals surface area contributed by atoms with Crippen LogP contribution in [0.25, 0.3) is 0 Å². The Hall–Kier alpha value is -2.28. The van der Waals surface area contributed by atoms with Crippen molar-refractivity contribution in [1.82, 2.24) is 5.32 Å². The van der Waals surface area contributed by atoms with Gasteiger partial charge in [-0.25, -0.2) is 0 Å². The van der Waals surface area contributed by atoms with E-state index >= 15 is 0 Å². The highest BCUT2D eigenvalue weighted by molar-refractivity contribution is 5.78. The predicted octanol–water partition coefficient (Wildman–Crippen LogP) is 2.15. The molecule has 0 aliphatic rings. The largest absolute Gasteiger partial charge is 0.497 e. The molecule has 7 nitrogen and oxygen atoms in total. The van der Waals surface area contributed by atoms with Crippen LogP contribution in [0, 0.1) is 0 Å². The average Bonchev–Trinajstić information content (AvgIpc) is 2.57. The summed E-state index contributed by atoms with van der Waals surface area (Å²) in [6.45, 7) is 1.87. The Balaban J connectivity index is 2.92. The number of benzene rings is 1. The number of hydrogen-bond donors (Lipinski definition) is 2. The maximum atomic E-state index is 12.1. The smallest absolute Gasteiger partial charge is 0.305 e. The lowest BCUT2D eigenvalue weighted by molar-refractivity contribution is -0.137. The fourth-order valence-electron chi connectivity index (χ4n) is 2.24. The lowest BCUT2D eigenvalue weighted by Gasteiger charge is -2.21. The van der Waals surface area contributed by atoms with E-state index in [2.05, 4.69) is 5.32 Å². The van der Waals surface area contributed by atoms with Gasteiger partial charge in [0.15, 0.2) is 0 Å². The van der Waals surface area contributed by atoms with Crippen molar-refractivity contribution >= 4 is 11.9 Å². The van der Waals surface area contributed by atoms with E-state index in [0.29, 0.717) is 23.5 Å². The molecule has 134 valence electrons. The number of carbonyl (C=O) groups excluding carboxylic acids is 1. The summed E-state index contributed by atoms with van der Waals surface area (Å²) in [6.07, 6.45) is 0.531. The van der Waals surface area contributed by atoms with Crippen LogP contribution < -0.4 is 14.8 Å². The number of carbonyl (C=O) groups is 2. The van der Waals surface area contributed by atoms with E-state index in [1.807, 2.05) is 6.92 Å². The Labute approximate surface area is 141 Å². The molecule has 0 spiro atoms. The second-order valence-electron chi connectivity index (χ2n) is 5.41. The van der Waals surface area contributed by atoms with Crippen molar-refractivity contribution in [3.8, 4) is 11.5 Å². The molecule has 1 aromatic carbocycles. The number of hydrogen-bond acceptors (Lipinski definition) is 5. The van der Waals surface area contributed by atoms with E-state index in [-0.39, 0.29) is 24.9 Å². The highest BCUT2D eigenvalue weighted by atomic mass is 16.5. The molecule has 0 fully saturated rings. The number of ether oxygens (including phenoxy) is 3.